The molecule has 1 aromatic carbocycles. The number of aryl methyl sites for hydroxylation is 2. The second-order valence-corrected chi connectivity index (χ2v) is 4.57. The first kappa shape index (κ1) is 11.2. The lowest BCUT2D eigenvalue weighted by Gasteiger charge is -2.09. The molecule has 2 rings (SSSR count). The molecule has 1 aromatic heterocycles. The summed E-state index contributed by atoms with van der Waals surface area (Å²) >= 11 is 0. The van der Waals surface area contributed by atoms with Gasteiger partial charge in [0.15, 0.2) is 0 Å². The van der Waals surface area contributed by atoms with Gasteiger partial charge in [-0.1, -0.05) is 12.1 Å². The van der Waals surface area contributed by atoms with Crippen molar-refractivity contribution in [2.24, 2.45) is 5.73 Å². The van der Waals surface area contributed by atoms with Gasteiger partial charge in [-0.25, -0.2) is 0 Å². The van der Waals surface area contributed by atoms with Crippen LogP contribution >= 0.6 is 0 Å². The van der Waals surface area contributed by atoms with Gasteiger partial charge in [-0.05, 0) is 38.5 Å². The van der Waals surface area contributed by atoms with Gasteiger partial charge in [-0.2, -0.15) is 0 Å². The van der Waals surface area contributed by atoms with Crippen LogP contribution in [0, 0.1) is 6.92 Å². The Morgan fingerprint density at radius 1 is 1.38 bits per heavy atom. The Morgan fingerprint density at radius 2 is 2.12 bits per heavy atom. The first-order valence-electron chi connectivity index (χ1n) is 5.96. The maximum absolute atomic E-state index is 5.89. The van der Waals surface area contributed by atoms with Crippen molar-refractivity contribution in [3.05, 3.63) is 35.5 Å². The van der Waals surface area contributed by atoms with Crippen LogP contribution < -0.4 is 5.73 Å². The normalized spacial score (nSPS) is 13.2. The highest BCUT2D eigenvalue weighted by Crippen LogP contribution is 2.23. The summed E-state index contributed by atoms with van der Waals surface area (Å²) in [5, 5.41) is 1.36. The SMILES string of the molecule is CCn1c(CC(C)N)cc2c(C)cccc21. The Kier molecular flexibility index (Phi) is 3.01. The largest absolute Gasteiger partial charge is 0.345 e. The van der Waals surface area contributed by atoms with E-state index in [2.05, 4.69) is 49.6 Å². The third-order valence-corrected chi connectivity index (χ3v) is 3.10. The lowest BCUT2D eigenvalue weighted by atomic mass is 10.1. The molecule has 86 valence electrons. The molecule has 0 amide bonds. The quantitative estimate of drug-likeness (QED) is 0.840. The van der Waals surface area contributed by atoms with Gasteiger partial charge in [0.25, 0.3) is 0 Å². The second kappa shape index (κ2) is 4.30. The maximum atomic E-state index is 5.89. The highest BCUT2D eigenvalue weighted by atomic mass is 15.0. The Bertz CT molecular complexity index is 495. The molecule has 2 N–H and O–H groups in total. The number of hydrogen-bond donors (Lipinski definition) is 1. The van der Waals surface area contributed by atoms with E-state index in [-0.39, 0.29) is 6.04 Å². The number of fused-ring (bicyclic) bond motifs is 1. The molecule has 2 heteroatoms. The molecule has 2 nitrogen and oxygen atoms in total. The molecular weight excluding hydrogens is 196 g/mol. The zero-order chi connectivity index (χ0) is 11.7. The van der Waals surface area contributed by atoms with Crippen LogP contribution in [-0.2, 0) is 13.0 Å². The van der Waals surface area contributed by atoms with Crippen molar-refractivity contribution in [3.8, 4) is 0 Å². The fraction of sp³-hybridized carbons (Fsp3) is 0.429. The van der Waals surface area contributed by atoms with Crippen LogP contribution in [0.3, 0.4) is 0 Å². The minimum atomic E-state index is 0.218. The molecule has 0 aliphatic carbocycles. The Balaban J connectivity index is 2.61. The van der Waals surface area contributed by atoms with Crippen LogP contribution in [0.15, 0.2) is 24.3 Å². The Labute approximate surface area is 97.1 Å². The predicted molar refractivity (Wildman–Crippen MR) is 69.7 cm³/mol. The minimum absolute atomic E-state index is 0.218. The van der Waals surface area contributed by atoms with Crippen LogP contribution in [0.2, 0.25) is 0 Å². The number of nitrogens with zero attached hydrogens (tertiary/aromatic N) is 1. The molecule has 1 unspecified atom stereocenters. The molecule has 0 aliphatic rings. The number of nitrogens with two attached hydrogens (primary N) is 1. The van der Waals surface area contributed by atoms with Crippen LogP contribution in [0.1, 0.15) is 25.1 Å². The summed E-state index contributed by atoms with van der Waals surface area (Å²) in [4.78, 5) is 0. The van der Waals surface area contributed by atoms with Gasteiger partial charge in [0.2, 0.25) is 0 Å². The topological polar surface area (TPSA) is 30.9 Å². The fourth-order valence-corrected chi connectivity index (χ4v) is 2.36. The third kappa shape index (κ3) is 1.85. The average molecular weight is 216 g/mol. The van der Waals surface area contributed by atoms with E-state index < -0.39 is 0 Å². The fourth-order valence-electron chi connectivity index (χ4n) is 2.36. The summed E-state index contributed by atoms with van der Waals surface area (Å²) in [6, 6.07) is 8.99. The van der Waals surface area contributed by atoms with Crippen LogP contribution in [0.4, 0.5) is 0 Å². The van der Waals surface area contributed by atoms with Gasteiger partial charge in [0, 0.05) is 35.6 Å². The molecule has 16 heavy (non-hydrogen) atoms. The summed E-state index contributed by atoms with van der Waals surface area (Å²) in [6.07, 6.45) is 0.946. The van der Waals surface area contributed by atoms with Crippen molar-refractivity contribution in [1.29, 1.82) is 0 Å². The first-order valence-corrected chi connectivity index (χ1v) is 5.96. The molecule has 0 bridgehead atoms. The molecule has 0 spiro atoms. The summed E-state index contributed by atoms with van der Waals surface area (Å²) in [5.41, 5.74) is 9.92. The Morgan fingerprint density at radius 3 is 2.75 bits per heavy atom. The van der Waals surface area contributed by atoms with E-state index in [4.69, 9.17) is 5.73 Å². The lowest BCUT2D eigenvalue weighted by molar-refractivity contribution is 0.665. The molecule has 0 radical (unpaired) electrons. The minimum Gasteiger partial charge on any atom is -0.345 e. The molecule has 0 aliphatic heterocycles. The van der Waals surface area contributed by atoms with Crippen molar-refractivity contribution >= 4 is 10.9 Å². The van der Waals surface area contributed by atoms with Crippen LogP contribution in [-0.4, -0.2) is 10.6 Å². The highest BCUT2D eigenvalue weighted by Gasteiger charge is 2.09. The van der Waals surface area contributed by atoms with Gasteiger partial charge in [-0.3, -0.25) is 0 Å². The van der Waals surface area contributed by atoms with E-state index in [9.17, 15) is 0 Å². The second-order valence-electron chi connectivity index (χ2n) is 4.57. The first-order chi connectivity index (χ1) is 7.63. The molecule has 0 saturated carbocycles. The maximum Gasteiger partial charge on any atom is 0.0485 e. The van der Waals surface area contributed by atoms with E-state index in [0.29, 0.717) is 0 Å². The van der Waals surface area contributed by atoms with Crippen molar-refractivity contribution in [3.63, 3.8) is 0 Å². The molecule has 2 aromatic rings. The number of benzene rings is 1. The summed E-state index contributed by atoms with van der Waals surface area (Å²) in [5.74, 6) is 0. The monoisotopic (exact) mass is 216 g/mol. The predicted octanol–water partition coefficient (Wildman–Crippen LogP) is 2.86. The molecule has 0 fully saturated rings. The number of rotatable bonds is 3. The van der Waals surface area contributed by atoms with Crippen molar-refractivity contribution < 1.29 is 0 Å². The standard InChI is InChI=1S/C14H20N2/c1-4-16-12(8-11(3)15)9-13-10(2)6-5-7-14(13)16/h5-7,9,11H,4,8,15H2,1-3H3. The van der Waals surface area contributed by atoms with Gasteiger partial charge in [0.05, 0.1) is 0 Å². The van der Waals surface area contributed by atoms with Gasteiger partial charge >= 0.3 is 0 Å². The smallest absolute Gasteiger partial charge is 0.0485 e. The zero-order valence-corrected chi connectivity index (χ0v) is 10.3. The summed E-state index contributed by atoms with van der Waals surface area (Å²) < 4.78 is 2.37. The third-order valence-electron chi connectivity index (χ3n) is 3.10. The number of hydrogen-bond acceptors (Lipinski definition) is 1. The van der Waals surface area contributed by atoms with Crippen LogP contribution in [0.25, 0.3) is 10.9 Å². The van der Waals surface area contributed by atoms with Crippen molar-refractivity contribution in [1.82, 2.24) is 4.57 Å². The highest BCUT2D eigenvalue weighted by molar-refractivity contribution is 5.84. The number of aromatic nitrogens is 1. The van der Waals surface area contributed by atoms with E-state index in [1.807, 2.05) is 0 Å². The lowest BCUT2D eigenvalue weighted by Crippen LogP contribution is -2.19. The van der Waals surface area contributed by atoms with E-state index in [0.717, 1.165) is 13.0 Å². The molecule has 1 heterocycles. The molecule has 0 saturated heterocycles. The summed E-state index contributed by atoms with van der Waals surface area (Å²) in [7, 11) is 0. The van der Waals surface area contributed by atoms with E-state index in [1.54, 1.807) is 0 Å². The van der Waals surface area contributed by atoms with E-state index in [1.165, 1.54) is 22.2 Å². The van der Waals surface area contributed by atoms with Crippen LogP contribution in [0.5, 0.6) is 0 Å². The summed E-state index contributed by atoms with van der Waals surface area (Å²) in [6.45, 7) is 7.42. The van der Waals surface area contributed by atoms with Gasteiger partial charge < -0.3 is 10.3 Å². The van der Waals surface area contributed by atoms with Gasteiger partial charge in [-0.15, -0.1) is 0 Å². The average Bonchev–Trinajstić information content (AvgIpc) is 2.56. The Hall–Kier alpha value is -1.28. The van der Waals surface area contributed by atoms with E-state index >= 15 is 0 Å². The zero-order valence-electron chi connectivity index (χ0n) is 10.3. The van der Waals surface area contributed by atoms with Crippen molar-refractivity contribution in [2.75, 3.05) is 0 Å². The van der Waals surface area contributed by atoms with Gasteiger partial charge in [0.1, 0.15) is 0 Å². The molecule has 1 atom stereocenters. The molecular formula is C14H20N2. The van der Waals surface area contributed by atoms with Crippen molar-refractivity contribution in [2.45, 2.75) is 39.8 Å².